The Morgan fingerprint density at radius 2 is 1.76 bits per heavy atom. The first-order valence-corrected chi connectivity index (χ1v) is 6.06. The Bertz CT molecular complexity index is 724. The summed E-state index contributed by atoms with van der Waals surface area (Å²) in [6.07, 6.45) is 0. The Kier molecular flexibility index (Phi) is 3.80. The van der Waals surface area contributed by atoms with E-state index < -0.39 is 11.9 Å². The van der Waals surface area contributed by atoms with Crippen molar-refractivity contribution in [2.75, 3.05) is 5.32 Å². The van der Waals surface area contributed by atoms with Crippen molar-refractivity contribution in [1.82, 2.24) is 0 Å². The summed E-state index contributed by atoms with van der Waals surface area (Å²) in [4.78, 5) is 22.9. The minimum atomic E-state index is -1.05. The molecule has 6 nitrogen and oxygen atoms in total. The number of benzene rings is 2. The summed E-state index contributed by atoms with van der Waals surface area (Å²) in [5.41, 5.74) is 1.16. The number of hydrogen-bond donors (Lipinski definition) is 4. The number of carbonyl (C=O) groups is 2. The molecular formula is C15H13NO5. The molecule has 1 amide bonds. The lowest BCUT2D eigenvalue weighted by atomic mass is 10.1. The molecule has 2 aromatic carbocycles. The average molecular weight is 287 g/mol. The molecule has 0 atom stereocenters. The molecule has 2 aromatic rings. The minimum absolute atomic E-state index is 0.00881. The van der Waals surface area contributed by atoms with Gasteiger partial charge in [-0.2, -0.15) is 0 Å². The molecule has 0 heterocycles. The SMILES string of the molecule is Cc1cc(C(=O)O)ccc1NC(=O)c1ccc(O)cc1O. The molecule has 4 N–H and O–H groups in total. The smallest absolute Gasteiger partial charge is 0.335 e. The minimum Gasteiger partial charge on any atom is -0.508 e. The van der Waals surface area contributed by atoms with Gasteiger partial charge in [0.25, 0.3) is 5.91 Å². The molecular weight excluding hydrogens is 274 g/mol. The molecule has 0 bridgehead atoms. The second-order valence-electron chi connectivity index (χ2n) is 4.49. The fourth-order valence-electron chi connectivity index (χ4n) is 1.84. The molecule has 0 aromatic heterocycles. The van der Waals surface area contributed by atoms with Crippen molar-refractivity contribution < 1.29 is 24.9 Å². The number of carboxylic acid groups (broad SMARTS) is 1. The number of rotatable bonds is 3. The zero-order chi connectivity index (χ0) is 15.6. The van der Waals surface area contributed by atoms with E-state index in [4.69, 9.17) is 5.11 Å². The number of nitrogens with one attached hydrogen (secondary N) is 1. The molecule has 2 rings (SSSR count). The Morgan fingerprint density at radius 1 is 1.05 bits per heavy atom. The maximum atomic E-state index is 12.0. The third-order valence-corrected chi connectivity index (χ3v) is 2.95. The normalized spacial score (nSPS) is 10.1. The number of carbonyl (C=O) groups excluding carboxylic acids is 1. The number of phenolic OH excluding ortho intramolecular Hbond substituents is 2. The molecule has 108 valence electrons. The van der Waals surface area contributed by atoms with Gasteiger partial charge in [0.05, 0.1) is 11.1 Å². The van der Waals surface area contributed by atoms with Crippen molar-refractivity contribution in [3.8, 4) is 11.5 Å². The van der Waals surface area contributed by atoms with Gasteiger partial charge in [0, 0.05) is 11.8 Å². The van der Waals surface area contributed by atoms with Gasteiger partial charge in [-0.3, -0.25) is 4.79 Å². The van der Waals surface area contributed by atoms with Crippen molar-refractivity contribution >= 4 is 17.6 Å². The zero-order valence-electron chi connectivity index (χ0n) is 11.1. The van der Waals surface area contributed by atoms with E-state index in [2.05, 4.69) is 5.32 Å². The van der Waals surface area contributed by atoms with E-state index in [-0.39, 0.29) is 22.6 Å². The first-order valence-electron chi connectivity index (χ1n) is 6.06. The van der Waals surface area contributed by atoms with Gasteiger partial charge in [0.1, 0.15) is 11.5 Å². The highest BCUT2D eigenvalue weighted by Crippen LogP contribution is 2.24. The number of amides is 1. The summed E-state index contributed by atoms with van der Waals surface area (Å²) < 4.78 is 0. The maximum absolute atomic E-state index is 12.0. The Balaban J connectivity index is 2.25. The summed E-state index contributed by atoms with van der Waals surface area (Å²) in [6.45, 7) is 1.67. The van der Waals surface area contributed by atoms with Gasteiger partial charge in [-0.25, -0.2) is 4.79 Å². The predicted molar refractivity (Wildman–Crippen MR) is 75.9 cm³/mol. The molecule has 0 unspecified atom stereocenters. The second kappa shape index (κ2) is 5.54. The lowest BCUT2D eigenvalue weighted by molar-refractivity contribution is 0.0696. The standard InChI is InChI=1S/C15H13NO5/c1-8-6-9(15(20)21)2-5-12(8)16-14(19)11-4-3-10(17)7-13(11)18/h2-7,17-18H,1H3,(H,16,19)(H,20,21). The van der Waals surface area contributed by atoms with Crippen molar-refractivity contribution in [1.29, 1.82) is 0 Å². The summed E-state index contributed by atoms with van der Waals surface area (Å²) in [6, 6.07) is 7.94. The van der Waals surface area contributed by atoms with E-state index in [9.17, 15) is 19.8 Å². The Labute approximate surface area is 120 Å². The van der Waals surface area contributed by atoms with Gasteiger partial charge in [0.15, 0.2) is 0 Å². The van der Waals surface area contributed by atoms with Crippen LogP contribution in [0.15, 0.2) is 36.4 Å². The number of aromatic carboxylic acids is 1. The van der Waals surface area contributed by atoms with Crippen LogP contribution < -0.4 is 5.32 Å². The van der Waals surface area contributed by atoms with Gasteiger partial charge in [-0.05, 0) is 42.8 Å². The van der Waals surface area contributed by atoms with E-state index in [0.717, 1.165) is 6.07 Å². The molecule has 0 spiro atoms. The molecule has 0 aliphatic heterocycles. The van der Waals surface area contributed by atoms with Crippen LogP contribution in [0, 0.1) is 6.92 Å². The molecule has 0 saturated heterocycles. The van der Waals surface area contributed by atoms with Crippen LogP contribution in [0.2, 0.25) is 0 Å². The highest BCUT2D eigenvalue weighted by molar-refractivity contribution is 6.06. The summed E-state index contributed by atoms with van der Waals surface area (Å²) >= 11 is 0. The Hall–Kier alpha value is -3.02. The van der Waals surface area contributed by atoms with E-state index in [1.54, 1.807) is 6.92 Å². The number of carboxylic acids is 1. The van der Waals surface area contributed by atoms with Crippen molar-refractivity contribution in [3.05, 3.63) is 53.1 Å². The first-order chi connectivity index (χ1) is 9.88. The molecule has 0 fully saturated rings. The second-order valence-corrected chi connectivity index (χ2v) is 4.49. The van der Waals surface area contributed by atoms with Gasteiger partial charge < -0.3 is 20.6 Å². The van der Waals surface area contributed by atoms with E-state index >= 15 is 0 Å². The summed E-state index contributed by atoms with van der Waals surface area (Å²) in [5, 5.41) is 30.3. The highest BCUT2D eigenvalue weighted by atomic mass is 16.4. The van der Waals surface area contributed by atoms with Gasteiger partial charge in [0.2, 0.25) is 0 Å². The van der Waals surface area contributed by atoms with Crippen molar-refractivity contribution in [3.63, 3.8) is 0 Å². The topological polar surface area (TPSA) is 107 Å². The van der Waals surface area contributed by atoms with Crippen LogP contribution in [-0.2, 0) is 0 Å². The molecule has 0 saturated carbocycles. The number of aromatic hydroxyl groups is 2. The maximum Gasteiger partial charge on any atom is 0.335 e. The number of aryl methyl sites for hydroxylation is 1. The summed E-state index contributed by atoms with van der Waals surface area (Å²) in [7, 11) is 0. The van der Waals surface area contributed by atoms with Gasteiger partial charge in [-0.15, -0.1) is 0 Å². The number of hydrogen-bond acceptors (Lipinski definition) is 4. The quantitative estimate of drug-likeness (QED) is 0.693. The van der Waals surface area contributed by atoms with E-state index in [1.165, 1.54) is 30.3 Å². The van der Waals surface area contributed by atoms with Crippen LogP contribution in [0.3, 0.4) is 0 Å². The van der Waals surface area contributed by atoms with Crippen LogP contribution in [0.1, 0.15) is 26.3 Å². The third-order valence-electron chi connectivity index (χ3n) is 2.95. The largest absolute Gasteiger partial charge is 0.508 e. The van der Waals surface area contributed by atoms with Gasteiger partial charge in [-0.1, -0.05) is 0 Å². The van der Waals surface area contributed by atoms with Crippen molar-refractivity contribution in [2.24, 2.45) is 0 Å². The Morgan fingerprint density at radius 3 is 2.33 bits per heavy atom. The summed E-state index contributed by atoms with van der Waals surface area (Å²) in [5.74, 6) is -2.09. The lowest BCUT2D eigenvalue weighted by Gasteiger charge is -2.10. The van der Waals surface area contributed by atoms with Crippen LogP contribution >= 0.6 is 0 Å². The fraction of sp³-hybridized carbons (Fsp3) is 0.0667. The average Bonchev–Trinajstić information content (AvgIpc) is 2.40. The molecule has 21 heavy (non-hydrogen) atoms. The number of phenols is 2. The van der Waals surface area contributed by atoms with Crippen LogP contribution in [0.25, 0.3) is 0 Å². The number of anilines is 1. The highest BCUT2D eigenvalue weighted by Gasteiger charge is 2.13. The van der Waals surface area contributed by atoms with Crippen molar-refractivity contribution in [2.45, 2.75) is 6.92 Å². The monoisotopic (exact) mass is 287 g/mol. The third kappa shape index (κ3) is 3.11. The molecule has 0 aliphatic carbocycles. The fourth-order valence-corrected chi connectivity index (χ4v) is 1.84. The van der Waals surface area contributed by atoms with Crippen LogP contribution in [0.4, 0.5) is 5.69 Å². The first kappa shape index (κ1) is 14.4. The van der Waals surface area contributed by atoms with Crippen LogP contribution in [0.5, 0.6) is 11.5 Å². The molecule has 6 heteroatoms. The molecule has 0 radical (unpaired) electrons. The van der Waals surface area contributed by atoms with E-state index in [1.807, 2.05) is 0 Å². The zero-order valence-corrected chi connectivity index (χ0v) is 11.1. The van der Waals surface area contributed by atoms with Gasteiger partial charge >= 0.3 is 5.97 Å². The van der Waals surface area contributed by atoms with E-state index in [0.29, 0.717) is 11.3 Å². The molecule has 0 aliphatic rings. The lowest BCUT2D eigenvalue weighted by Crippen LogP contribution is -2.13. The van der Waals surface area contributed by atoms with Crippen LogP contribution in [-0.4, -0.2) is 27.2 Å². The predicted octanol–water partition coefficient (Wildman–Crippen LogP) is 2.36.